The summed E-state index contributed by atoms with van der Waals surface area (Å²) in [5, 5.41) is 2.70. The number of rotatable bonds is 3. The summed E-state index contributed by atoms with van der Waals surface area (Å²) in [5.41, 5.74) is 1.22. The van der Waals surface area contributed by atoms with Gasteiger partial charge in [-0.3, -0.25) is 9.78 Å². The lowest BCUT2D eigenvalue weighted by Gasteiger charge is -2.01. The van der Waals surface area contributed by atoms with Crippen LogP contribution in [0.4, 0.5) is 0 Å². The molecule has 0 aromatic carbocycles. The van der Waals surface area contributed by atoms with Crippen LogP contribution in [0.3, 0.4) is 0 Å². The maximum absolute atomic E-state index is 11.4. The van der Waals surface area contributed by atoms with E-state index < -0.39 is 0 Å². The number of nitrogens with zero attached hydrogens (tertiary/aromatic N) is 2. The van der Waals surface area contributed by atoms with Gasteiger partial charge in [0.05, 0.1) is 0 Å². The molecule has 0 unspecified atom stereocenters. The second kappa shape index (κ2) is 4.36. The average molecular weight is 203 g/mol. The summed E-state index contributed by atoms with van der Waals surface area (Å²) in [4.78, 5) is 19.1. The van der Waals surface area contributed by atoms with Crippen molar-refractivity contribution in [1.82, 2.24) is 15.3 Å². The third kappa shape index (κ3) is 2.40. The minimum atomic E-state index is -0.257. The Hall–Kier alpha value is -2.17. The summed E-state index contributed by atoms with van der Waals surface area (Å²) in [7, 11) is 0. The average Bonchev–Trinajstić information content (AvgIpc) is 2.81. The van der Waals surface area contributed by atoms with E-state index in [2.05, 4.69) is 15.3 Å². The van der Waals surface area contributed by atoms with Crippen LogP contribution in [-0.4, -0.2) is 15.9 Å². The van der Waals surface area contributed by atoms with E-state index in [1.807, 2.05) is 12.1 Å². The number of oxazole rings is 1. The Labute approximate surface area is 86.2 Å². The molecule has 76 valence electrons. The number of nitrogens with one attached hydrogen (secondary N) is 1. The SMILES string of the molecule is O=C(NCc1cccnc1)c1cocn1. The van der Waals surface area contributed by atoms with Gasteiger partial charge >= 0.3 is 0 Å². The Kier molecular flexibility index (Phi) is 2.73. The van der Waals surface area contributed by atoms with Crippen LogP contribution in [0.2, 0.25) is 0 Å². The minimum Gasteiger partial charge on any atom is -0.451 e. The second-order valence-electron chi connectivity index (χ2n) is 2.92. The van der Waals surface area contributed by atoms with Crippen LogP contribution in [0.1, 0.15) is 16.1 Å². The molecule has 0 radical (unpaired) electrons. The van der Waals surface area contributed by atoms with Crippen molar-refractivity contribution in [3.8, 4) is 0 Å². The summed E-state index contributed by atoms with van der Waals surface area (Å²) in [6.45, 7) is 0.430. The normalized spacial score (nSPS) is 9.87. The largest absolute Gasteiger partial charge is 0.451 e. The standard InChI is InChI=1S/C10H9N3O2/c14-10(9-6-15-7-13-9)12-5-8-2-1-3-11-4-8/h1-4,6-7H,5H2,(H,12,14). The van der Waals surface area contributed by atoms with E-state index in [-0.39, 0.29) is 11.6 Å². The summed E-state index contributed by atoms with van der Waals surface area (Å²) < 4.78 is 4.70. The summed E-state index contributed by atoms with van der Waals surface area (Å²) in [6.07, 6.45) is 5.91. The molecule has 2 aromatic rings. The zero-order valence-electron chi connectivity index (χ0n) is 7.88. The van der Waals surface area contributed by atoms with Gasteiger partial charge in [0.1, 0.15) is 6.26 Å². The number of carbonyl (C=O) groups excluding carboxylic acids is 1. The van der Waals surface area contributed by atoms with E-state index in [1.54, 1.807) is 12.4 Å². The van der Waals surface area contributed by atoms with E-state index in [0.29, 0.717) is 6.54 Å². The van der Waals surface area contributed by atoms with Gasteiger partial charge in [-0.15, -0.1) is 0 Å². The van der Waals surface area contributed by atoms with Crippen molar-refractivity contribution in [3.63, 3.8) is 0 Å². The number of amides is 1. The number of pyridine rings is 1. The highest BCUT2D eigenvalue weighted by Gasteiger charge is 2.07. The Bertz CT molecular complexity index is 425. The highest BCUT2D eigenvalue weighted by Crippen LogP contribution is 1.97. The first kappa shape index (κ1) is 9.39. The van der Waals surface area contributed by atoms with Gasteiger partial charge in [0.2, 0.25) is 0 Å². The highest BCUT2D eigenvalue weighted by atomic mass is 16.3. The molecule has 5 heteroatoms. The number of hydrogen-bond donors (Lipinski definition) is 1. The Morgan fingerprint density at radius 1 is 1.53 bits per heavy atom. The summed E-state index contributed by atoms with van der Waals surface area (Å²) >= 11 is 0. The molecule has 1 N–H and O–H groups in total. The van der Waals surface area contributed by atoms with E-state index in [4.69, 9.17) is 4.42 Å². The Balaban J connectivity index is 1.92. The molecule has 0 fully saturated rings. The van der Waals surface area contributed by atoms with Crippen LogP contribution in [0.5, 0.6) is 0 Å². The third-order valence-corrected chi connectivity index (χ3v) is 1.84. The fourth-order valence-electron chi connectivity index (χ4n) is 1.10. The smallest absolute Gasteiger partial charge is 0.273 e. The topological polar surface area (TPSA) is 68.0 Å². The number of aromatic nitrogens is 2. The van der Waals surface area contributed by atoms with Gasteiger partial charge in [0.25, 0.3) is 5.91 Å². The van der Waals surface area contributed by atoms with Crippen LogP contribution in [-0.2, 0) is 6.54 Å². The first-order valence-electron chi connectivity index (χ1n) is 4.41. The van der Waals surface area contributed by atoms with Gasteiger partial charge in [0.15, 0.2) is 12.1 Å². The molecule has 0 spiro atoms. The first-order chi connectivity index (χ1) is 7.36. The molecule has 0 aliphatic heterocycles. The highest BCUT2D eigenvalue weighted by molar-refractivity contribution is 5.91. The van der Waals surface area contributed by atoms with E-state index in [1.165, 1.54) is 12.7 Å². The molecule has 2 heterocycles. The third-order valence-electron chi connectivity index (χ3n) is 1.84. The van der Waals surface area contributed by atoms with E-state index in [9.17, 15) is 4.79 Å². The van der Waals surface area contributed by atoms with Gasteiger partial charge < -0.3 is 9.73 Å². The molecule has 0 aliphatic carbocycles. The maximum Gasteiger partial charge on any atom is 0.273 e. The van der Waals surface area contributed by atoms with Gasteiger partial charge in [-0.25, -0.2) is 4.98 Å². The zero-order chi connectivity index (χ0) is 10.5. The van der Waals surface area contributed by atoms with Crippen molar-refractivity contribution in [1.29, 1.82) is 0 Å². The Morgan fingerprint density at radius 2 is 2.47 bits per heavy atom. The summed E-state index contributed by atoms with van der Waals surface area (Å²) in [5.74, 6) is -0.257. The van der Waals surface area contributed by atoms with Gasteiger partial charge in [-0.1, -0.05) is 6.07 Å². The molecule has 0 saturated heterocycles. The second-order valence-corrected chi connectivity index (χ2v) is 2.92. The maximum atomic E-state index is 11.4. The lowest BCUT2D eigenvalue weighted by molar-refractivity contribution is 0.0946. The van der Waals surface area contributed by atoms with Crippen molar-refractivity contribution in [2.45, 2.75) is 6.54 Å². The zero-order valence-corrected chi connectivity index (χ0v) is 7.88. The minimum absolute atomic E-state index is 0.257. The fraction of sp³-hybridized carbons (Fsp3) is 0.100. The van der Waals surface area contributed by atoms with Gasteiger partial charge in [0, 0.05) is 18.9 Å². The molecule has 0 atom stereocenters. The first-order valence-corrected chi connectivity index (χ1v) is 4.41. The monoisotopic (exact) mass is 203 g/mol. The lowest BCUT2D eigenvalue weighted by Crippen LogP contribution is -2.23. The van der Waals surface area contributed by atoms with Crippen molar-refractivity contribution < 1.29 is 9.21 Å². The summed E-state index contributed by atoms with van der Waals surface area (Å²) in [6, 6.07) is 3.70. The van der Waals surface area contributed by atoms with E-state index in [0.717, 1.165) is 5.56 Å². The van der Waals surface area contributed by atoms with Crippen molar-refractivity contribution in [3.05, 3.63) is 48.4 Å². The van der Waals surface area contributed by atoms with Gasteiger partial charge in [-0.05, 0) is 11.6 Å². The molecule has 0 saturated carbocycles. The molecular weight excluding hydrogens is 194 g/mol. The van der Waals surface area contributed by atoms with Crippen LogP contribution in [0.25, 0.3) is 0 Å². The van der Waals surface area contributed by atoms with Crippen molar-refractivity contribution in [2.75, 3.05) is 0 Å². The van der Waals surface area contributed by atoms with Crippen molar-refractivity contribution >= 4 is 5.91 Å². The predicted octanol–water partition coefficient (Wildman–Crippen LogP) is 1.000. The van der Waals surface area contributed by atoms with E-state index >= 15 is 0 Å². The molecule has 5 nitrogen and oxygen atoms in total. The molecule has 15 heavy (non-hydrogen) atoms. The molecule has 0 bridgehead atoms. The lowest BCUT2D eigenvalue weighted by atomic mass is 10.3. The molecular formula is C10H9N3O2. The van der Waals surface area contributed by atoms with Crippen LogP contribution < -0.4 is 5.32 Å². The van der Waals surface area contributed by atoms with Crippen LogP contribution in [0, 0.1) is 0 Å². The predicted molar refractivity (Wildman–Crippen MR) is 51.9 cm³/mol. The number of hydrogen-bond acceptors (Lipinski definition) is 4. The molecule has 2 rings (SSSR count). The fourth-order valence-corrected chi connectivity index (χ4v) is 1.10. The van der Waals surface area contributed by atoms with Crippen molar-refractivity contribution in [2.24, 2.45) is 0 Å². The van der Waals surface area contributed by atoms with Crippen LogP contribution in [0.15, 0.2) is 41.6 Å². The Morgan fingerprint density at radius 3 is 3.13 bits per heavy atom. The molecule has 1 amide bonds. The van der Waals surface area contributed by atoms with Gasteiger partial charge in [-0.2, -0.15) is 0 Å². The van der Waals surface area contributed by atoms with Crippen LogP contribution >= 0.6 is 0 Å². The molecule has 0 aliphatic rings. The molecule has 2 aromatic heterocycles. The number of carbonyl (C=O) groups is 1. The quantitative estimate of drug-likeness (QED) is 0.808.